The Balaban J connectivity index is 1.60. The molecule has 1 saturated heterocycles. The Labute approximate surface area is 440 Å². The van der Waals surface area contributed by atoms with Gasteiger partial charge in [-0.2, -0.15) is 0 Å². The quantitative estimate of drug-likeness (QED) is 0.0188. The van der Waals surface area contributed by atoms with E-state index in [0.29, 0.717) is 29.7 Å². The number of aromatic amines is 1. The molecule has 9 unspecified atom stereocenters. The number of likely N-dealkylation sites (tertiary alicyclic amines) is 1. The number of nitrogens with one attached hydrogen (secondary N) is 7. The second kappa shape index (κ2) is 30.2. The fraction of sp³-hybridized carbons (Fsp3) is 0.500. The lowest BCUT2D eigenvalue weighted by Gasteiger charge is -2.31. The lowest BCUT2D eigenvalue weighted by Crippen LogP contribution is -2.60. The molecule has 4 rings (SSSR count). The molecule has 0 aliphatic carbocycles. The van der Waals surface area contributed by atoms with Crippen LogP contribution < -0.4 is 60.6 Å². The fourth-order valence-corrected chi connectivity index (χ4v) is 8.26. The Morgan fingerprint density at radius 1 is 0.697 bits per heavy atom. The lowest BCUT2D eigenvalue weighted by atomic mass is 9.99. The van der Waals surface area contributed by atoms with Gasteiger partial charge in [0.25, 0.3) is 0 Å². The second-order valence-electron chi connectivity index (χ2n) is 18.7. The highest BCUT2D eigenvalue weighted by Crippen LogP contribution is 2.21. The maximum absolute atomic E-state index is 14.8. The van der Waals surface area contributed by atoms with Crippen LogP contribution in [0.2, 0.25) is 0 Å². The molecule has 9 atom stereocenters. The third kappa shape index (κ3) is 19.5. The summed E-state index contributed by atoms with van der Waals surface area (Å²) in [6.45, 7) is 5.29. The van der Waals surface area contributed by atoms with Gasteiger partial charge in [-0.15, -0.1) is 0 Å². The van der Waals surface area contributed by atoms with Crippen LogP contribution in [0.15, 0.2) is 77.1 Å². The number of nitrogens with zero attached hydrogens (tertiary/aromatic N) is 4. The van der Waals surface area contributed by atoms with Crippen LogP contribution in [0.5, 0.6) is 5.75 Å². The number of carboxylic acids is 1. The number of aliphatic carboxylic acids is 1. The average Bonchev–Trinajstić information content (AvgIpc) is 4.11. The zero-order chi connectivity index (χ0) is 55.9. The number of phenolic OH excluding ortho intramolecular Hbond substituents is 1. The Bertz CT molecular complexity index is 2470. The molecule has 1 aliphatic rings. The summed E-state index contributed by atoms with van der Waals surface area (Å²) in [5.74, 6) is -7.07. The fourth-order valence-electron chi connectivity index (χ4n) is 8.26. The standard InChI is InChI=1S/C50H74N16O10/c1-4-28(2)40(51)46(73)60-29(3)41(68)61-34(13-8-20-57-49(52)53)42(69)62-35(14-9-21-58-50(54)55)43(70)64-37(25-32-26-56-27-59-32)47(74)66-22-10-15-39(66)45(72)63-36(23-31-16-18-33(67)19-17-31)44(71)65-38(48(75)76)24-30-11-6-5-7-12-30/h5-7,11-12,16-19,26-29,34-40,67H,4,8-10,13-15,20-25,51H2,1-3H3,(H,56,59)(H,60,73)(H,61,68)(H,62,69)(H,63,72)(H,64,70)(H,65,71)(H,75,76)(H4,52,53,57)(H4,54,55,58). The monoisotopic (exact) mass is 1060 g/mol. The van der Waals surface area contributed by atoms with Gasteiger partial charge in [-0.05, 0) is 74.6 Å². The normalized spacial score (nSPS) is 16.2. The molecule has 76 heavy (non-hydrogen) atoms. The minimum Gasteiger partial charge on any atom is -0.508 e. The van der Waals surface area contributed by atoms with E-state index < -0.39 is 95.7 Å². The summed E-state index contributed by atoms with van der Waals surface area (Å²) >= 11 is 0. The van der Waals surface area contributed by atoms with Crippen LogP contribution in [0.3, 0.4) is 0 Å². The molecule has 3 aromatic rings. The van der Waals surface area contributed by atoms with Crippen molar-refractivity contribution in [3.63, 3.8) is 0 Å². The van der Waals surface area contributed by atoms with Gasteiger partial charge in [-0.3, -0.25) is 43.5 Å². The number of amides is 7. The van der Waals surface area contributed by atoms with Crippen molar-refractivity contribution in [3.8, 4) is 5.75 Å². The zero-order valence-corrected chi connectivity index (χ0v) is 43.1. The van der Waals surface area contributed by atoms with Crippen LogP contribution in [0.25, 0.3) is 0 Å². The highest BCUT2D eigenvalue weighted by molar-refractivity contribution is 5.98. The second-order valence-corrected chi connectivity index (χ2v) is 18.7. The van der Waals surface area contributed by atoms with Gasteiger partial charge in [0.1, 0.15) is 48.0 Å². The predicted octanol–water partition coefficient (Wildman–Crippen LogP) is -2.37. The molecule has 26 heteroatoms. The first kappa shape index (κ1) is 60.3. The maximum atomic E-state index is 14.8. The van der Waals surface area contributed by atoms with Crippen molar-refractivity contribution >= 4 is 59.2 Å². The van der Waals surface area contributed by atoms with E-state index in [2.05, 4.69) is 51.9 Å². The van der Waals surface area contributed by atoms with E-state index in [1.54, 1.807) is 49.4 Å². The molecule has 0 spiro atoms. The van der Waals surface area contributed by atoms with E-state index in [9.17, 15) is 48.6 Å². The first-order valence-corrected chi connectivity index (χ1v) is 25.2. The van der Waals surface area contributed by atoms with Crippen molar-refractivity contribution in [1.29, 1.82) is 0 Å². The third-order valence-electron chi connectivity index (χ3n) is 12.8. The Kier molecular flexibility index (Phi) is 23.9. The largest absolute Gasteiger partial charge is 0.508 e. The van der Waals surface area contributed by atoms with Gasteiger partial charge in [-0.25, -0.2) is 9.78 Å². The number of imidazole rings is 1. The number of benzene rings is 2. The number of hydrogen-bond acceptors (Lipinski definition) is 13. The number of rotatable bonds is 30. The van der Waals surface area contributed by atoms with E-state index in [-0.39, 0.29) is 94.6 Å². The first-order valence-electron chi connectivity index (χ1n) is 25.2. The molecule has 0 bridgehead atoms. The van der Waals surface area contributed by atoms with E-state index in [4.69, 9.17) is 28.7 Å². The van der Waals surface area contributed by atoms with Gasteiger partial charge in [0.15, 0.2) is 11.9 Å². The topological polar surface area (TPSA) is 436 Å². The van der Waals surface area contributed by atoms with Crippen LogP contribution in [0.4, 0.5) is 0 Å². The molecule has 26 nitrogen and oxygen atoms in total. The van der Waals surface area contributed by atoms with Crippen molar-refractivity contribution in [2.75, 3.05) is 19.6 Å². The molecule has 1 aliphatic heterocycles. The molecule has 19 N–H and O–H groups in total. The number of carboxylic acid groups (broad SMARTS) is 1. The third-order valence-corrected chi connectivity index (χ3v) is 12.8. The number of guanidine groups is 2. The zero-order valence-electron chi connectivity index (χ0n) is 43.1. The number of phenols is 1. The summed E-state index contributed by atoms with van der Waals surface area (Å²) in [4.78, 5) is 127. The van der Waals surface area contributed by atoms with E-state index in [0.717, 1.165) is 0 Å². The predicted molar refractivity (Wildman–Crippen MR) is 281 cm³/mol. The van der Waals surface area contributed by atoms with Crippen molar-refractivity contribution in [2.24, 2.45) is 44.6 Å². The number of carbonyl (C=O) groups is 8. The lowest BCUT2D eigenvalue weighted by molar-refractivity contribution is -0.143. The van der Waals surface area contributed by atoms with Crippen molar-refractivity contribution in [2.45, 2.75) is 133 Å². The summed E-state index contributed by atoms with van der Waals surface area (Å²) in [5, 5.41) is 36.0. The summed E-state index contributed by atoms with van der Waals surface area (Å²) < 4.78 is 0. The molecule has 1 aromatic heterocycles. The first-order chi connectivity index (χ1) is 36.2. The average molecular weight is 1060 g/mol. The van der Waals surface area contributed by atoms with E-state index in [1.807, 2.05) is 6.92 Å². The minimum absolute atomic E-state index is 0.0195. The van der Waals surface area contributed by atoms with Gasteiger partial charge in [0, 0.05) is 50.8 Å². The Morgan fingerprint density at radius 3 is 1.79 bits per heavy atom. The highest BCUT2D eigenvalue weighted by Gasteiger charge is 2.40. The van der Waals surface area contributed by atoms with Crippen LogP contribution >= 0.6 is 0 Å². The Hall–Kier alpha value is -8.29. The molecule has 0 radical (unpaired) electrons. The molecule has 2 heterocycles. The smallest absolute Gasteiger partial charge is 0.326 e. The summed E-state index contributed by atoms with van der Waals surface area (Å²) in [6.07, 6.45) is 3.90. The van der Waals surface area contributed by atoms with Gasteiger partial charge >= 0.3 is 5.97 Å². The number of nitrogens with two attached hydrogens (primary N) is 5. The molecule has 0 saturated carbocycles. The number of aromatic hydroxyl groups is 1. The minimum atomic E-state index is -1.37. The number of hydrogen-bond donors (Lipinski definition) is 14. The van der Waals surface area contributed by atoms with Crippen molar-refractivity contribution in [3.05, 3.63) is 83.9 Å². The highest BCUT2D eigenvalue weighted by atomic mass is 16.4. The van der Waals surface area contributed by atoms with Crippen molar-refractivity contribution < 1.29 is 48.6 Å². The number of carbonyl (C=O) groups excluding carboxylic acids is 7. The maximum Gasteiger partial charge on any atom is 0.326 e. The van der Waals surface area contributed by atoms with Crippen LogP contribution in [0, 0.1) is 5.92 Å². The van der Waals surface area contributed by atoms with Crippen molar-refractivity contribution in [1.82, 2.24) is 46.8 Å². The van der Waals surface area contributed by atoms with E-state index in [1.165, 1.54) is 36.5 Å². The van der Waals surface area contributed by atoms with Gasteiger partial charge < -0.3 is 80.7 Å². The van der Waals surface area contributed by atoms with Gasteiger partial charge in [-0.1, -0.05) is 62.7 Å². The molecule has 2 aromatic carbocycles. The SMILES string of the molecule is CCC(C)C(N)C(=O)NC(C)C(=O)NC(CCCN=C(N)N)C(=O)NC(CCCN=C(N)N)C(=O)NC(Cc1cnc[nH]1)C(=O)N1CCCC1C(=O)NC(Cc1ccc(O)cc1)C(=O)NC(Cc1ccccc1)C(=O)O. The van der Waals surface area contributed by atoms with Gasteiger partial charge in [0.05, 0.1) is 12.4 Å². The summed E-state index contributed by atoms with van der Waals surface area (Å²) in [6, 6.07) is 4.65. The van der Waals surface area contributed by atoms with Gasteiger partial charge in [0.2, 0.25) is 41.4 Å². The number of H-pyrrole nitrogens is 1. The molecular formula is C50H74N16O10. The summed E-state index contributed by atoms with van der Waals surface area (Å²) in [5.41, 5.74) is 29.8. The van der Waals surface area contributed by atoms with E-state index >= 15 is 0 Å². The molecule has 414 valence electrons. The molecule has 7 amide bonds. The number of aliphatic imine (C=N–C) groups is 2. The molecular weight excluding hydrogens is 985 g/mol. The van der Waals surface area contributed by atoms with Crippen LogP contribution in [0.1, 0.15) is 82.5 Å². The Morgan fingerprint density at radius 2 is 1.24 bits per heavy atom. The van der Waals surface area contributed by atoms with Crippen LogP contribution in [-0.4, -0.2) is 152 Å². The van der Waals surface area contributed by atoms with Crippen LogP contribution in [-0.2, 0) is 57.6 Å². The molecule has 1 fully saturated rings. The number of aromatic nitrogens is 2. The summed E-state index contributed by atoms with van der Waals surface area (Å²) in [7, 11) is 0.